The molecule has 1 unspecified atom stereocenters. The number of hydrogen-bond donors (Lipinski definition) is 1. The van der Waals surface area contributed by atoms with E-state index in [1.165, 1.54) is 12.2 Å². The topological polar surface area (TPSA) is 12.0 Å². The molecule has 0 bridgehead atoms. The maximum atomic E-state index is 3.14. The second-order valence-electron chi connectivity index (χ2n) is 2.44. The summed E-state index contributed by atoms with van der Waals surface area (Å²) in [7, 11) is 0. The first-order valence-electron chi connectivity index (χ1n) is 3.41. The maximum Gasteiger partial charge on any atom is 0.0362 e. The van der Waals surface area contributed by atoms with Crippen LogP contribution in [0.3, 0.4) is 0 Å². The van der Waals surface area contributed by atoms with Gasteiger partial charge in [-0.3, -0.25) is 0 Å². The highest BCUT2D eigenvalue weighted by atomic mass is 32.2. The van der Waals surface area contributed by atoms with E-state index in [-0.39, 0.29) is 0 Å². The summed E-state index contributed by atoms with van der Waals surface area (Å²) in [5, 5.41) is 0. The number of nitrogens with one attached hydrogen (secondary N) is 1. The van der Waals surface area contributed by atoms with Crippen molar-refractivity contribution in [2.45, 2.75) is 20.3 Å². The third-order valence-corrected chi connectivity index (χ3v) is 2.57. The Labute approximate surface area is 61.0 Å². The van der Waals surface area contributed by atoms with Crippen molar-refractivity contribution in [1.29, 1.82) is 0 Å². The summed E-state index contributed by atoms with van der Waals surface area (Å²) in [6, 6.07) is 0. The van der Waals surface area contributed by atoms with E-state index in [2.05, 4.69) is 24.8 Å². The molecule has 1 aliphatic rings. The Kier molecular flexibility index (Phi) is 2.46. The highest BCUT2D eigenvalue weighted by Gasteiger charge is 2.09. The number of rotatable bonds is 2. The smallest absolute Gasteiger partial charge is 0.0362 e. The molecule has 1 aliphatic heterocycles. The van der Waals surface area contributed by atoms with E-state index in [0.717, 1.165) is 5.92 Å². The Balaban J connectivity index is 2.40. The molecule has 0 saturated heterocycles. The zero-order valence-electron chi connectivity index (χ0n) is 5.98. The van der Waals surface area contributed by atoms with Crippen molar-refractivity contribution in [3.05, 3.63) is 11.8 Å². The van der Waals surface area contributed by atoms with Gasteiger partial charge < -0.3 is 4.72 Å². The summed E-state index contributed by atoms with van der Waals surface area (Å²) in [6.45, 7) is 4.51. The molecule has 1 N–H and O–H groups in total. The van der Waals surface area contributed by atoms with E-state index in [1.807, 2.05) is 0 Å². The van der Waals surface area contributed by atoms with Gasteiger partial charge in [-0.2, -0.15) is 0 Å². The quantitative estimate of drug-likeness (QED) is 0.594. The van der Waals surface area contributed by atoms with Crippen molar-refractivity contribution < 1.29 is 0 Å². The molecular formula is C7H13NS. The van der Waals surface area contributed by atoms with E-state index in [9.17, 15) is 0 Å². The average Bonchev–Trinajstić information content (AvgIpc) is 2.37. The molecule has 9 heavy (non-hydrogen) atoms. The van der Waals surface area contributed by atoms with Crippen LogP contribution in [0.5, 0.6) is 0 Å². The lowest BCUT2D eigenvalue weighted by molar-refractivity contribution is 0.658. The summed E-state index contributed by atoms with van der Waals surface area (Å²) in [5.74, 6) is 1.95. The Morgan fingerprint density at radius 3 is 3.11 bits per heavy atom. The summed E-state index contributed by atoms with van der Waals surface area (Å²) < 4.78 is 3.14. The van der Waals surface area contributed by atoms with Crippen molar-refractivity contribution in [1.82, 2.24) is 4.72 Å². The molecule has 1 nitrogen and oxygen atoms in total. The van der Waals surface area contributed by atoms with Crippen LogP contribution in [0, 0.1) is 5.92 Å². The van der Waals surface area contributed by atoms with Gasteiger partial charge in [0.2, 0.25) is 0 Å². The molecule has 0 aromatic heterocycles. The minimum atomic E-state index is 0.771. The lowest BCUT2D eigenvalue weighted by Crippen LogP contribution is -1.96. The van der Waals surface area contributed by atoms with Crippen LogP contribution in [0.15, 0.2) is 11.8 Å². The van der Waals surface area contributed by atoms with Crippen LogP contribution < -0.4 is 4.72 Å². The van der Waals surface area contributed by atoms with Gasteiger partial charge in [0.25, 0.3) is 0 Å². The van der Waals surface area contributed by atoms with Gasteiger partial charge in [-0.25, -0.2) is 0 Å². The Morgan fingerprint density at radius 2 is 2.67 bits per heavy atom. The van der Waals surface area contributed by atoms with Crippen molar-refractivity contribution in [3.8, 4) is 0 Å². The predicted molar refractivity (Wildman–Crippen MR) is 43.1 cm³/mol. The molecule has 0 saturated carbocycles. The van der Waals surface area contributed by atoms with E-state index in [0.29, 0.717) is 0 Å². The summed E-state index contributed by atoms with van der Waals surface area (Å²) >= 11 is 1.78. The van der Waals surface area contributed by atoms with Crippen LogP contribution in [-0.2, 0) is 0 Å². The van der Waals surface area contributed by atoms with Crippen molar-refractivity contribution >= 4 is 11.9 Å². The van der Waals surface area contributed by atoms with Crippen LogP contribution in [0.4, 0.5) is 0 Å². The average molecular weight is 143 g/mol. The molecule has 0 aromatic carbocycles. The fourth-order valence-electron chi connectivity index (χ4n) is 0.831. The van der Waals surface area contributed by atoms with Crippen molar-refractivity contribution in [2.24, 2.45) is 5.92 Å². The third-order valence-electron chi connectivity index (χ3n) is 1.81. The minimum absolute atomic E-state index is 0.771. The summed E-state index contributed by atoms with van der Waals surface area (Å²) in [5.41, 5.74) is 1.56. The van der Waals surface area contributed by atoms with Crippen LogP contribution in [-0.4, -0.2) is 5.75 Å². The summed E-state index contributed by atoms with van der Waals surface area (Å²) in [4.78, 5) is 0. The SMILES string of the molecule is CCC(C)C1=CNSC1. The van der Waals surface area contributed by atoms with Crippen LogP contribution in [0.25, 0.3) is 0 Å². The highest BCUT2D eigenvalue weighted by Crippen LogP contribution is 2.21. The Hall–Kier alpha value is -0.110. The predicted octanol–water partition coefficient (Wildman–Crippen LogP) is 2.17. The zero-order valence-corrected chi connectivity index (χ0v) is 6.79. The molecule has 1 heterocycles. The van der Waals surface area contributed by atoms with Crippen molar-refractivity contribution in [2.75, 3.05) is 5.75 Å². The molecule has 0 aromatic rings. The van der Waals surface area contributed by atoms with Crippen molar-refractivity contribution in [3.63, 3.8) is 0 Å². The Bertz CT molecular complexity index is 120. The zero-order chi connectivity index (χ0) is 6.69. The summed E-state index contributed by atoms with van der Waals surface area (Å²) in [6.07, 6.45) is 3.40. The first kappa shape index (κ1) is 7.00. The molecule has 0 radical (unpaired) electrons. The van der Waals surface area contributed by atoms with Gasteiger partial charge in [-0.15, -0.1) is 0 Å². The largest absolute Gasteiger partial charge is 0.336 e. The third kappa shape index (κ3) is 1.65. The van der Waals surface area contributed by atoms with E-state index in [1.54, 1.807) is 17.5 Å². The van der Waals surface area contributed by atoms with Gasteiger partial charge in [0.05, 0.1) is 0 Å². The molecular weight excluding hydrogens is 130 g/mol. The van der Waals surface area contributed by atoms with Gasteiger partial charge in [-0.1, -0.05) is 13.8 Å². The first-order valence-corrected chi connectivity index (χ1v) is 4.39. The lowest BCUT2D eigenvalue weighted by atomic mass is 10.0. The Morgan fingerprint density at radius 1 is 1.89 bits per heavy atom. The lowest BCUT2D eigenvalue weighted by Gasteiger charge is -2.06. The van der Waals surface area contributed by atoms with Crippen LogP contribution >= 0.6 is 11.9 Å². The van der Waals surface area contributed by atoms with E-state index >= 15 is 0 Å². The van der Waals surface area contributed by atoms with Gasteiger partial charge >= 0.3 is 0 Å². The molecule has 1 atom stereocenters. The van der Waals surface area contributed by atoms with Crippen LogP contribution in [0.1, 0.15) is 20.3 Å². The van der Waals surface area contributed by atoms with Gasteiger partial charge in [-0.05, 0) is 29.9 Å². The fraction of sp³-hybridized carbons (Fsp3) is 0.714. The molecule has 0 aliphatic carbocycles. The first-order chi connectivity index (χ1) is 4.34. The number of hydrogen-bond acceptors (Lipinski definition) is 2. The molecule has 52 valence electrons. The molecule has 1 rings (SSSR count). The highest BCUT2D eigenvalue weighted by molar-refractivity contribution is 7.97. The molecule has 0 fully saturated rings. The van der Waals surface area contributed by atoms with E-state index < -0.39 is 0 Å². The molecule has 0 amide bonds. The van der Waals surface area contributed by atoms with E-state index in [4.69, 9.17) is 0 Å². The monoisotopic (exact) mass is 143 g/mol. The van der Waals surface area contributed by atoms with Gasteiger partial charge in [0.1, 0.15) is 0 Å². The van der Waals surface area contributed by atoms with Gasteiger partial charge in [0, 0.05) is 12.0 Å². The normalized spacial score (nSPS) is 20.9. The fourth-order valence-corrected chi connectivity index (χ4v) is 1.68. The second-order valence-corrected chi connectivity index (χ2v) is 3.25. The minimum Gasteiger partial charge on any atom is -0.336 e. The molecule has 0 spiro atoms. The standard InChI is InChI=1S/C7H13NS/c1-3-6(2)7-4-8-9-5-7/h4,6,8H,3,5H2,1-2H3. The van der Waals surface area contributed by atoms with Crippen LogP contribution in [0.2, 0.25) is 0 Å². The maximum absolute atomic E-state index is 3.14. The second kappa shape index (κ2) is 3.16. The molecule has 2 heteroatoms. The van der Waals surface area contributed by atoms with Gasteiger partial charge in [0.15, 0.2) is 0 Å².